The van der Waals surface area contributed by atoms with E-state index in [-0.39, 0.29) is 12.4 Å². The second-order valence-corrected chi connectivity index (χ2v) is 5.46. The molecule has 0 unspecified atom stereocenters. The van der Waals surface area contributed by atoms with Crippen molar-refractivity contribution in [1.29, 1.82) is 5.26 Å². The summed E-state index contributed by atoms with van der Waals surface area (Å²) in [6.07, 6.45) is 0. The van der Waals surface area contributed by atoms with Gasteiger partial charge in [-0.1, -0.05) is 30.3 Å². The van der Waals surface area contributed by atoms with Gasteiger partial charge in [0.25, 0.3) is 0 Å². The van der Waals surface area contributed by atoms with Crippen LogP contribution < -0.4 is 10.1 Å². The Labute approximate surface area is 148 Å². The van der Waals surface area contributed by atoms with E-state index >= 15 is 0 Å². The van der Waals surface area contributed by atoms with Gasteiger partial charge in [-0.2, -0.15) is 5.26 Å². The zero-order valence-electron chi connectivity index (χ0n) is 13.5. The Morgan fingerprint density at radius 3 is 2.38 bits per heavy atom. The lowest BCUT2D eigenvalue weighted by molar-refractivity contribution is 0.415. The number of ether oxygens (including phenoxy) is 1. The summed E-state index contributed by atoms with van der Waals surface area (Å²) in [4.78, 5) is 0. The summed E-state index contributed by atoms with van der Waals surface area (Å²) < 4.78 is 5.25. The van der Waals surface area contributed by atoms with Gasteiger partial charge in [0.1, 0.15) is 5.75 Å². The number of fused-ring (bicyclic) bond motifs is 1. The zero-order chi connectivity index (χ0) is 16.1. The average molecular weight is 339 g/mol. The van der Waals surface area contributed by atoms with Crippen molar-refractivity contribution in [2.45, 2.75) is 13.1 Å². The van der Waals surface area contributed by atoms with Crippen LogP contribution in [0.3, 0.4) is 0 Å². The van der Waals surface area contributed by atoms with Crippen LogP contribution in [0.5, 0.6) is 5.75 Å². The first kappa shape index (κ1) is 17.8. The minimum atomic E-state index is 0. The van der Waals surface area contributed by atoms with Gasteiger partial charge in [-0.3, -0.25) is 0 Å². The molecule has 1 N–H and O–H groups in total. The van der Waals surface area contributed by atoms with Gasteiger partial charge in [-0.25, -0.2) is 0 Å². The van der Waals surface area contributed by atoms with Crippen LogP contribution in [0.2, 0.25) is 0 Å². The van der Waals surface area contributed by atoms with Crippen molar-refractivity contribution in [2.24, 2.45) is 0 Å². The Kier molecular flexibility index (Phi) is 6.20. The molecule has 0 saturated heterocycles. The molecule has 3 aromatic carbocycles. The van der Waals surface area contributed by atoms with Crippen LogP contribution in [0.1, 0.15) is 16.7 Å². The summed E-state index contributed by atoms with van der Waals surface area (Å²) in [6.45, 7) is 1.54. The van der Waals surface area contributed by atoms with Crippen molar-refractivity contribution in [3.05, 3.63) is 77.4 Å². The van der Waals surface area contributed by atoms with Crippen LogP contribution in [0.15, 0.2) is 60.7 Å². The molecule has 0 heterocycles. The summed E-state index contributed by atoms with van der Waals surface area (Å²) in [5.74, 6) is 0.876. The Bertz CT molecular complexity index is 871. The molecule has 0 aliphatic heterocycles. The highest BCUT2D eigenvalue weighted by atomic mass is 35.5. The second-order valence-electron chi connectivity index (χ2n) is 5.46. The molecule has 4 heteroatoms. The van der Waals surface area contributed by atoms with Gasteiger partial charge in [-0.05, 0) is 52.2 Å². The minimum absolute atomic E-state index is 0. The number of rotatable bonds is 5. The van der Waals surface area contributed by atoms with Crippen LogP contribution in [0.25, 0.3) is 10.8 Å². The molecule has 0 aliphatic carbocycles. The van der Waals surface area contributed by atoms with E-state index in [4.69, 9.17) is 10.00 Å². The first-order valence-corrected chi connectivity index (χ1v) is 7.55. The zero-order valence-corrected chi connectivity index (χ0v) is 14.3. The minimum Gasteiger partial charge on any atom is -0.497 e. The summed E-state index contributed by atoms with van der Waals surface area (Å²) in [5, 5.41) is 14.7. The monoisotopic (exact) mass is 338 g/mol. The van der Waals surface area contributed by atoms with Crippen molar-refractivity contribution < 1.29 is 4.74 Å². The smallest absolute Gasteiger partial charge is 0.119 e. The first-order valence-electron chi connectivity index (χ1n) is 7.55. The molecule has 3 aromatic rings. The number of nitrogens with zero attached hydrogens (tertiary/aromatic N) is 1. The topological polar surface area (TPSA) is 45.0 Å². The van der Waals surface area contributed by atoms with Crippen molar-refractivity contribution in [3.8, 4) is 11.8 Å². The molecule has 0 aliphatic rings. The fraction of sp³-hybridized carbons (Fsp3) is 0.150. The number of hydrogen-bond acceptors (Lipinski definition) is 3. The molecule has 0 spiro atoms. The van der Waals surface area contributed by atoms with Crippen molar-refractivity contribution in [2.75, 3.05) is 7.11 Å². The van der Waals surface area contributed by atoms with Gasteiger partial charge < -0.3 is 10.1 Å². The first-order chi connectivity index (χ1) is 11.3. The molecular formula is C20H19ClN2O. The van der Waals surface area contributed by atoms with E-state index in [1.165, 1.54) is 16.3 Å². The standard InChI is InChI=1S/C20H18N2O.ClH/c1-23-20-8-7-18-10-17(5-6-19(18)11-20)14-22-13-16-4-2-3-15(9-16)12-21;/h2-11,22H,13-14H2,1H3;1H. The second kappa shape index (κ2) is 8.35. The van der Waals surface area contributed by atoms with Crippen molar-refractivity contribution in [1.82, 2.24) is 5.32 Å². The third-order valence-electron chi connectivity index (χ3n) is 3.83. The van der Waals surface area contributed by atoms with E-state index in [9.17, 15) is 0 Å². The molecule has 0 aromatic heterocycles. The largest absolute Gasteiger partial charge is 0.497 e. The summed E-state index contributed by atoms with van der Waals surface area (Å²) in [5.41, 5.74) is 3.05. The highest BCUT2D eigenvalue weighted by Crippen LogP contribution is 2.21. The quantitative estimate of drug-likeness (QED) is 0.748. The molecule has 0 saturated carbocycles. The van der Waals surface area contributed by atoms with Crippen LogP contribution in [-0.4, -0.2) is 7.11 Å². The maximum absolute atomic E-state index is 8.92. The molecule has 0 amide bonds. The lowest BCUT2D eigenvalue weighted by Crippen LogP contribution is -2.12. The SMILES string of the molecule is COc1ccc2cc(CNCc3cccc(C#N)c3)ccc2c1.Cl. The Morgan fingerprint density at radius 1 is 0.917 bits per heavy atom. The number of nitriles is 1. The molecule has 3 nitrogen and oxygen atoms in total. The van der Waals surface area contributed by atoms with Crippen LogP contribution >= 0.6 is 12.4 Å². The predicted octanol–water partition coefficient (Wildman–Crippen LogP) is 4.43. The fourth-order valence-electron chi connectivity index (χ4n) is 2.61. The van der Waals surface area contributed by atoms with Gasteiger partial charge in [0, 0.05) is 13.1 Å². The number of benzene rings is 3. The molecule has 0 atom stereocenters. The molecule has 0 fully saturated rings. The van der Waals surface area contributed by atoms with Crippen LogP contribution in [0.4, 0.5) is 0 Å². The van der Waals surface area contributed by atoms with Gasteiger partial charge in [0.05, 0.1) is 18.7 Å². The third-order valence-corrected chi connectivity index (χ3v) is 3.83. The highest BCUT2D eigenvalue weighted by Gasteiger charge is 2.00. The van der Waals surface area contributed by atoms with Gasteiger partial charge in [0.2, 0.25) is 0 Å². The van der Waals surface area contributed by atoms with E-state index in [1.54, 1.807) is 7.11 Å². The number of nitrogens with one attached hydrogen (secondary N) is 1. The fourth-order valence-corrected chi connectivity index (χ4v) is 2.61. The molecule has 0 bridgehead atoms. The van der Waals surface area contributed by atoms with E-state index in [1.807, 2.05) is 36.4 Å². The molecular weight excluding hydrogens is 320 g/mol. The van der Waals surface area contributed by atoms with E-state index in [0.29, 0.717) is 5.56 Å². The molecule has 0 radical (unpaired) electrons. The van der Waals surface area contributed by atoms with E-state index in [0.717, 1.165) is 24.4 Å². The maximum atomic E-state index is 8.92. The molecule has 24 heavy (non-hydrogen) atoms. The average Bonchev–Trinajstić information content (AvgIpc) is 2.61. The number of hydrogen-bond donors (Lipinski definition) is 1. The molecule has 3 rings (SSSR count). The van der Waals surface area contributed by atoms with Gasteiger partial charge in [-0.15, -0.1) is 12.4 Å². The van der Waals surface area contributed by atoms with E-state index < -0.39 is 0 Å². The third kappa shape index (κ3) is 4.26. The van der Waals surface area contributed by atoms with Crippen molar-refractivity contribution in [3.63, 3.8) is 0 Å². The summed E-state index contributed by atoms with van der Waals surface area (Å²) in [6, 6.07) is 22.4. The Morgan fingerprint density at radius 2 is 1.62 bits per heavy atom. The lowest BCUT2D eigenvalue weighted by atomic mass is 10.1. The summed E-state index contributed by atoms with van der Waals surface area (Å²) in [7, 11) is 1.68. The molecule has 122 valence electrons. The summed E-state index contributed by atoms with van der Waals surface area (Å²) >= 11 is 0. The van der Waals surface area contributed by atoms with E-state index in [2.05, 4.69) is 35.7 Å². The maximum Gasteiger partial charge on any atom is 0.119 e. The lowest BCUT2D eigenvalue weighted by Gasteiger charge is -2.08. The normalized spacial score (nSPS) is 10.0. The number of methoxy groups -OCH3 is 1. The van der Waals surface area contributed by atoms with Crippen LogP contribution in [0, 0.1) is 11.3 Å². The van der Waals surface area contributed by atoms with Crippen molar-refractivity contribution >= 4 is 23.2 Å². The van der Waals surface area contributed by atoms with Crippen LogP contribution in [-0.2, 0) is 13.1 Å². The van der Waals surface area contributed by atoms with Gasteiger partial charge >= 0.3 is 0 Å². The Hall–Kier alpha value is -2.54. The predicted molar refractivity (Wildman–Crippen MR) is 99.4 cm³/mol. The number of halogens is 1. The Balaban J connectivity index is 0.00000208. The highest BCUT2D eigenvalue weighted by molar-refractivity contribution is 5.85. The van der Waals surface area contributed by atoms with Gasteiger partial charge in [0.15, 0.2) is 0 Å².